The summed E-state index contributed by atoms with van der Waals surface area (Å²) < 4.78 is 5.37. The van der Waals surface area contributed by atoms with Crippen LogP contribution in [0.2, 0.25) is 0 Å². The summed E-state index contributed by atoms with van der Waals surface area (Å²) in [5.74, 6) is 1.14. The van der Waals surface area contributed by atoms with Crippen molar-refractivity contribution in [2.24, 2.45) is 0 Å². The van der Waals surface area contributed by atoms with E-state index in [4.69, 9.17) is 4.74 Å². The van der Waals surface area contributed by atoms with Crippen molar-refractivity contribution < 1.29 is 14.3 Å². The molecular formula is C20H20N2O3S. The summed E-state index contributed by atoms with van der Waals surface area (Å²) >= 11 is 1.31. The Morgan fingerprint density at radius 2 is 1.85 bits per heavy atom. The summed E-state index contributed by atoms with van der Waals surface area (Å²) in [5, 5.41) is 3.73. The first-order chi connectivity index (χ1) is 12.7. The van der Waals surface area contributed by atoms with E-state index in [9.17, 15) is 9.59 Å². The fraction of sp³-hybridized carbons (Fsp3) is 0.200. The van der Waals surface area contributed by atoms with E-state index >= 15 is 0 Å². The number of hydrogen-bond donors (Lipinski definition) is 2. The van der Waals surface area contributed by atoms with Crippen molar-refractivity contribution in [1.82, 2.24) is 4.98 Å². The number of rotatable bonds is 8. The largest absolute Gasteiger partial charge is 0.494 e. The first kappa shape index (κ1) is 18.1. The maximum Gasteiger partial charge on any atom is 0.234 e. The van der Waals surface area contributed by atoms with Gasteiger partial charge in [0.2, 0.25) is 5.91 Å². The molecule has 3 aromatic rings. The zero-order valence-corrected chi connectivity index (χ0v) is 15.3. The molecular weight excluding hydrogens is 348 g/mol. The molecule has 0 saturated heterocycles. The summed E-state index contributed by atoms with van der Waals surface area (Å²) in [6.45, 7) is 2.53. The number of aromatic amines is 1. The molecule has 0 bridgehead atoms. The van der Waals surface area contributed by atoms with Gasteiger partial charge in [-0.05, 0) is 37.3 Å². The van der Waals surface area contributed by atoms with Gasteiger partial charge in [0.05, 0.1) is 18.1 Å². The van der Waals surface area contributed by atoms with Crippen LogP contribution < -0.4 is 10.1 Å². The van der Waals surface area contributed by atoms with E-state index in [1.165, 1.54) is 11.8 Å². The van der Waals surface area contributed by atoms with Gasteiger partial charge >= 0.3 is 0 Å². The Morgan fingerprint density at radius 1 is 1.08 bits per heavy atom. The highest BCUT2D eigenvalue weighted by atomic mass is 32.2. The molecule has 0 aliphatic rings. The van der Waals surface area contributed by atoms with Crippen LogP contribution in [0.25, 0.3) is 10.9 Å². The molecule has 3 rings (SSSR count). The van der Waals surface area contributed by atoms with Crippen LogP contribution >= 0.6 is 11.8 Å². The Balaban J connectivity index is 1.48. The zero-order chi connectivity index (χ0) is 18.4. The van der Waals surface area contributed by atoms with Gasteiger partial charge in [-0.25, -0.2) is 0 Å². The number of aromatic nitrogens is 1. The van der Waals surface area contributed by atoms with Crippen LogP contribution in [-0.2, 0) is 4.79 Å². The summed E-state index contributed by atoms with van der Waals surface area (Å²) in [4.78, 5) is 27.5. The Kier molecular flexibility index (Phi) is 5.96. The van der Waals surface area contributed by atoms with Crippen molar-refractivity contribution in [2.75, 3.05) is 23.4 Å². The van der Waals surface area contributed by atoms with Gasteiger partial charge in [0.1, 0.15) is 5.75 Å². The lowest BCUT2D eigenvalue weighted by molar-refractivity contribution is -0.113. The average Bonchev–Trinajstić information content (AvgIpc) is 3.08. The van der Waals surface area contributed by atoms with E-state index in [1.807, 2.05) is 43.3 Å². The number of ketones is 1. The molecule has 5 nitrogen and oxygen atoms in total. The number of carbonyl (C=O) groups excluding carboxylic acids is 2. The van der Waals surface area contributed by atoms with E-state index in [2.05, 4.69) is 10.3 Å². The van der Waals surface area contributed by atoms with Crippen LogP contribution in [0.4, 0.5) is 5.69 Å². The zero-order valence-electron chi connectivity index (χ0n) is 14.5. The second-order valence-corrected chi connectivity index (χ2v) is 6.66. The number of nitrogens with one attached hydrogen (secondary N) is 2. The van der Waals surface area contributed by atoms with Crippen molar-refractivity contribution in [3.05, 3.63) is 60.3 Å². The van der Waals surface area contributed by atoms with E-state index in [0.717, 1.165) is 16.7 Å². The van der Waals surface area contributed by atoms with Gasteiger partial charge in [0, 0.05) is 28.4 Å². The molecule has 26 heavy (non-hydrogen) atoms. The quantitative estimate of drug-likeness (QED) is 0.587. The number of amides is 1. The first-order valence-corrected chi connectivity index (χ1v) is 9.52. The molecule has 0 aliphatic heterocycles. The first-order valence-electron chi connectivity index (χ1n) is 8.37. The number of fused-ring (bicyclic) bond motifs is 1. The number of para-hydroxylation sites is 1. The second-order valence-electron chi connectivity index (χ2n) is 5.67. The lowest BCUT2D eigenvalue weighted by Gasteiger charge is -2.07. The van der Waals surface area contributed by atoms with Crippen LogP contribution in [0.15, 0.2) is 54.7 Å². The maximum absolute atomic E-state index is 12.4. The van der Waals surface area contributed by atoms with Gasteiger partial charge in [-0.2, -0.15) is 0 Å². The third-order valence-corrected chi connectivity index (χ3v) is 4.74. The van der Waals surface area contributed by atoms with Crippen molar-refractivity contribution in [1.29, 1.82) is 0 Å². The van der Waals surface area contributed by atoms with Gasteiger partial charge in [-0.3, -0.25) is 9.59 Å². The normalized spacial score (nSPS) is 10.7. The lowest BCUT2D eigenvalue weighted by Crippen LogP contribution is -2.15. The molecule has 2 N–H and O–H groups in total. The number of benzene rings is 2. The monoisotopic (exact) mass is 368 g/mol. The third kappa shape index (κ3) is 4.46. The molecule has 0 saturated carbocycles. The number of hydrogen-bond acceptors (Lipinski definition) is 4. The van der Waals surface area contributed by atoms with E-state index in [1.54, 1.807) is 18.3 Å². The van der Waals surface area contributed by atoms with Crippen molar-refractivity contribution in [2.45, 2.75) is 6.92 Å². The van der Waals surface area contributed by atoms with Crippen LogP contribution in [0.3, 0.4) is 0 Å². The summed E-state index contributed by atoms with van der Waals surface area (Å²) in [5.41, 5.74) is 2.32. The Morgan fingerprint density at radius 3 is 2.62 bits per heavy atom. The summed E-state index contributed by atoms with van der Waals surface area (Å²) in [7, 11) is 0. The average molecular weight is 368 g/mol. The number of anilines is 1. The summed E-state index contributed by atoms with van der Waals surface area (Å²) in [6.07, 6.45) is 1.73. The number of thioether (sulfide) groups is 1. The van der Waals surface area contributed by atoms with Crippen LogP contribution in [-0.4, -0.2) is 34.8 Å². The lowest BCUT2D eigenvalue weighted by atomic mass is 10.1. The minimum absolute atomic E-state index is 0.0151. The third-order valence-electron chi connectivity index (χ3n) is 3.81. The maximum atomic E-state index is 12.4. The van der Waals surface area contributed by atoms with Crippen LogP contribution in [0.5, 0.6) is 5.75 Å². The molecule has 1 aromatic heterocycles. The molecule has 0 spiro atoms. The van der Waals surface area contributed by atoms with Gasteiger partial charge in [-0.15, -0.1) is 11.8 Å². The molecule has 0 fully saturated rings. The molecule has 0 aliphatic carbocycles. The Hall–Kier alpha value is -2.73. The SMILES string of the molecule is CCOc1ccc(NC(=O)CSCC(=O)c2c[nH]c3ccccc23)cc1. The fourth-order valence-electron chi connectivity index (χ4n) is 2.61. The Bertz CT molecular complexity index is 903. The molecule has 0 radical (unpaired) electrons. The molecule has 1 amide bonds. The highest BCUT2D eigenvalue weighted by Crippen LogP contribution is 2.20. The molecule has 0 atom stereocenters. The summed E-state index contributed by atoms with van der Waals surface area (Å²) in [6, 6.07) is 14.9. The van der Waals surface area contributed by atoms with E-state index in [0.29, 0.717) is 17.9 Å². The predicted molar refractivity (Wildman–Crippen MR) is 106 cm³/mol. The van der Waals surface area contributed by atoms with Crippen molar-refractivity contribution in [3.8, 4) is 5.75 Å². The molecule has 2 aromatic carbocycles. The number of H-pyrrole nitrogens is 1. The molecule has 1 heterocycles. The topological polar surface area (TPSA) is 71.2 Å². The number of Topliss-reactive ketones (excluding diaryl/α,β-unsaturated/α-hetero) is 1. The molecule has 6 heteroatoms. The standard InChI is InChI=1S/C20H20N2O3S/c1-2-25-15-9-7-14(8-10-15)22-20(24)13-26-12-19(23)17-11-21-18-6-4-3-5-16(17)18/h3-11,21H,2,12-13H2,1H3,(H,22,24). The highest BCUT2D eigenvalue weighted by molar-refractivity contribution is 8.00. The fourth-order valence-corrected chi connectivity index (χ4v) is 3.32. The van der Waals surface area contributed by atoms with E-state index in [-0.39, 0.29) is 23.2 Å². The number of carbonyl (C=O) groups is 2. The molecule has 0 unspecified atom stereocenters. The smallest absolute Gasteiger partial charge is 0.234 e. The van der Waals surface area contributed by atoms with Gasteiger partial charge in [0.25, 0.3) is 0 Å². The van der Waals surface area contributed by atoms with Crippen molar-refractivity contribution in [3.63, 3.8) is 0 Å². The van der Waals surface area contributed by atoms with Gasteiger partial charge in [0.15, 0.2) is 5.78 Å². The highest BCUT2D eigenvalue weighted by Gasteiger charge is 2.12. The van der Waals surface area contributed by atoms with Crippen molar-refractivity contribution >= 4 is 40.0 Å². The van der Waals surface area contributed by atoms with Gasteiger partial charge in [-0.1, -0.05) is 18.2 Å². The molecule has 134 valence electrons. The van der Waals surface area contributed by atoms with Gasteiger partial charge < -0.3 is 15.0 Å². The predicted octanol–water partition coefficient (Wildman–Crippen LogP) is 4.12. The van der Waals surface area contributed by atoms with Crippen LogP contribution in [0.1, 0.15) is 17.3 Å². The van der Waals surface area contributed by atoms with Crippen LogP contribution in [0, 0.1) is 0 Å². The number of ether oxygens (including phenoxy) is 1. The minimum Gasteiger partial charge on any atom is -0.494 e. The second kappa shape index (κ2) is 8.58. The van der Waals surface area contributed by atoms with E-state index < -0.39 is 0 Å². The minimum atomic E-state index is -0.133. The Labute approximate surface area is 156 Å².